The summed E-state index contributed by atoms with van der Waals surface area (Å²) < 4.78 is 55.6. The van der Waals surface area contributed by atoms with E-state index in [1.165, 1.54) is 13.2 Å². The smallest absolute Gasteiger partial charge is 0.416 e. The summed E-state index contributed by atoms with van der Waals surface area (Å²) in [6.07, 6.45) is -4.50. The van der Waals surface area contributed by atoms with E-state index in [9.17, 15) is 13.2 Å². The Balaban J connectivity index is 2.01. The fourth-order valence-electron chi connectivity index (χ4n) is 3.10. The molecule has 0 amide bonds. The highest BCUT2D eigenvalue weighted by molar-refractivity contribution is 5.88. The summed E-state index contributed by atoms with van der Waals surface area (Å²) in [5.74, 6) is 1.43. The summed E-state index contributed by atoms with van der Waals surface area (Å²) in [4.78, 5) is 13.1. The molecule has 8 nitrogen and oxygen atoms in total. The first kappa shape index (κ1) is 23.3. The fourth-order valence-corrected chi connectivity index (χ4v) is 3.10. The fraction of sp³-hybridized carbons (Fsp3) is 0.381. The van der Waals surface area contributed by atoms with Crippen molar-refractivity contribution in [1.82, 2.24) is 15.0 Å². The number of benzene rings is 1. The Bertz CT molecular complexity index is 1110. The minimum Gasteiger partial charge on any atom is -0.486 e. The second-order valence-electron chi connectivity index (χ2n) is 7.08. The Labute approximate surface area is 182 Å². The van der Waals surface area contributed by atoms with E-state index in [4.69, 9.17) is 19.9 Å². The van der Waals surface area contributed by atoms with Gasteiger partial charge < -0.3 is 25.3 Å². The number of anilines is 2. The van der Waals surface area contributed by atoms with Crippen LogP contribution in [0.15, 0.2) is 24.3 Å². The molecule has 0 saturated heterocycles. The molecular weight excluding hydrogens is 427 g/mol. The van der Waals surface area contributed by atoms with Crippen molar-refractivity contribution >= 4 is 22.5 Å². The van der Waals surface area contributed by atoms with Gasteiger partial charge in [-0.05, 0) is 37.6 Å². The van der Waals surface area contributed by atoms with Crippen LogP contribution in [0.1, 0.15) is 29.9 Å². The highest BCUT2D eigenvalue weighted by Crippen LogP contribution is 2.35. The summed E-state index contributed by atoms with van der Waals surface area (Å²) in [5, 5.41) is 3.67. The van der Waals surface area contributed by atoms with E-state index < -0.39 is 17.8 Å². The van der Waals surface area contributed by atoms with Crippen molar-refractivity contribution in [2.45, 2.75) is 26.1 Å². The third-order valence-electron chi connectivity index (χ3n) is 4.63. The molecule has 0 aliphatic heterocycles. The lowest BCUT2D eigenvalue weighted by Gasteiger charge is -2.19. The van der Waals surface area contributed by atoms with Crippen LogP contribution in [0.4, 0.5) is 24.7 Å². The van der Waals surface area contributed by atoms with Gasteiger partial charge in [-0.2, -0.15) is 18.2 Å². The minimum absolute atomic E-state index is 0.0208. The Kier molecular flexibility index (Phi) is 6.87. The number of hydrogen-bond donors (Lipinski definition) is 2. The second-order valence-corrected chi connectivity index (χ2v) is 7.08. The number of methoxy groups -OCH3 is 2. The first-order valence-electron chi connectivity index (χ1n) is 9.71. The Morgan fingerprint density at radius 2 is 1.81 bits per heavy atom. The van der Waals surface area contributed by atoms with Crippen LogP contribution < -0.4 is 20.5 Å². The first-order valence-corrected chi connectivity index (χ1v) is 9.71. The maximum Gasteiger partial charge on any atom is 0.416 e. The van der Waals surface area contributed by atoms with Crippen molar-refractivity contribution in [3.05, 3.63) is 41.2 Å². The molecule has 0 saturated carbocycles. The highest BCUT2D eigenvalue weighted by atomic mass is 19.4. The van der Waals surface area contributed by atoms with E-state index in [0.29, 0.717) is 40.6 Å². The quantitative estimate of drug-likeness (QED) is 0.389. The number of aryl methyl sites for hydroxylation is 1. The summed E-state index contributed by atoms with van der Waals surface area (Å²) in [5.41, 5.74) is 5.63. The van der Waals surface area contributed by atoms with Crippen molar-refractivity contribution in [2.75, 3.05) is 38.5 Å². The zero-order chi connectivity index (χ0) is 23.5. The molecule has 2 aromatic heterocycles. The van der Waals surface area contributed by atoms with Crippen LogP contribution in [0.2, 0.25) is 0 Å². The van der Waals surface area contributed by atoms with Gasteiger partial charge in [-0.15, -0.1) is 0 Å². The Morgan fingerprint density at radius 3 is 2.47 bits per heavy atom. The first-order chi connectivity index (χ1) is 15.1. The van der Waals surface area contributed by atoms with Crippen LogP contribution in [-0.2, 0) is 10.9 Å². The molecule has 3 aromatic rings. The molecule has 0 fully saturated rings. The molecular formula is C21H24F3N5O3. The Morgan fingerprint density at radius 1 is 1.06 bits per heavy atom. The predicted octanol–water partition coefficient (Wildman–Crippen LogP) is 4.14. The minimum atomic E-state index is -4.50. The van der Waals surface area contributed by atoms with E-state index in [2.05, 4.69) is 20.3 Å². The van der Waals surface area contributed by atoms with Crippen LogP contribution in [0, 0.1) is 6.92 Å². The SMILES string of the molecule is COCCOc1cc2c(N[C@H](C)c3cc(N)cc(C(F)(F)F)c3)nc(C)nc2nc1OC. The lowest BCUT2D eigenvalue weighted by atomic mass is 10.0. The number of aromatic nitrogens is 3. The topological polar surface area (TPSA) is 104 Å². The van der Waals surface area contributed by atoms with Gasteiger partial charge in [0.1, 0.15) is 18.2 Å². The molecule has 0 bridgehead atoms. The molecule has 1 aromatic carbocycles. The van der Waals surface area contributed by atoms with Gasteiger partial charge in [-0.25, -0.2) is 9.97 Å². The molecule has 0 unspecified atom stereocenters. The van der Waals surface area contributed by atoms with Gasteiger partial charge in [-0.1, -0.05) is 0 Å². The van der Waals surface area contributed by atoms with Gasteiger partial charge in [0, 0.05) is 18.9 Å². The number of pyridine rings is 1. The third kappa shape index (κ3) is 5.28. The number of nitrogens with zero attached hydrogens (tertiary/aromatic N) is 3. The van der Waals surface area contributed by atoms with E-state index in [0.717, 1.165) is 12.1 Å². The molecule has 32 heavy (non-hydrogen) atoms. The average molecular weight is 451 g/mol. The van der Waals surface area contributed by atoms with Crippen molar-refractivity contribution in [3.63, 3.8) is 0 Å². The van der Waals surface area contributed by atoms with Crippen molar-refractivity contribution in [2.24, 2.45) is 0 Å². The lowest BCUT2D eigenvalue weighted by Crippen LogP contribution is -2.13. The van der Waals surface area contributed by atoms with Gasteiger partial charge in [0.15, 0.2) is 11.4 Å². The van der Waals surface area contributed by atoms with E-state index in [1.54, 1.807) is 27.0 Å². The third-order valence-corrected chi connectivity index (χ3v) is 4.63. The van der Waals surface area contributed by atoms with Crippen LogP contribution in [0.25, 0.3) is 11.0 Å². The normalized spacial score (nSPS) is 12.6. The molecule has 1 atom stereocenters. The molecule has 0 aliphatic rings. The molecule has 11 heteroatoms. The lowest BCUT2D eigenvalue weighted by molar-refractivity contribution is -0.137. The number of ether oxygens (including phenoxy) is 3. The maximum absolute atomic E-state index is 13.2. The average Bonchev–Trinajstić information content (AvgIpc) is 2.72. The number of hydrogen-bond acceptors (Lipinski definition) is 8. The van der Waals surface area contributed by atoms with E-state index >= 15 is 0 Å². The van der Waals surface area contributed by atoms with E-state index in [-0.39, 0.29) is 18.2 Å². The second kappa shape index (κ2) is 9.43. The zero-order valence-corrected chi connectivity index (χ0v) is 18.1. The predicted molar refractivity (Wildman–Crippen MR) is 114 cm³/mol. The number of rotatable bonds is 8. The Hall–Kier alpha value is -3.34. The van der Waals surface area contributed by atoms with Crippen LogP contribution in [0.5, 0.6) is 11.6 Å². The number of alkyl halides is 3. The molecule has 0 aliphatic carbocycles. The number of fused-ring (bicyclic) bond motifs is 1. The van der Waals surface area contributed by atoms with Gasteiger partial charge in [0.25, 0.3) is 5.88 Å². The molecule has 3 rings (SSSR count). The van der Waals surface area contributed by atoms with Crippen LogP contribution in [0.3, 0.4) is 0 Å². The maximum atomic E-state index is 13.2. The number of halogens is 3. The van der Waals surface area contributed by atoms with Crippen LogP contribution in [-0.4, -0.2) is 42.4 Å². The molecule has 0 spiro atoms. The van der Waals surface area contributed by atoms with Crippen molar-refractivity contribution in [1.29, 1.82) is 0 Å². The number of nitrogens with two attached hydrogens (primary N) is 1. The molecule has 2 heterocycles. The number of nitrogens with one attached hydrogen (secondary N) is 1. The van der Waals surface area contributed by atoms with Gasteiger partial charge in [0.2, 0.25) is 0 Å². The van der Waals surface area contributed by atoms with Gasteiger partial charge in [-0.3, -0.25) is 0 Å². The molecule has 0 radical (unpaired) electrons. The number of nitrogen functional groups attached to an aromatic ring is 1. The standard InChI is InChI=1S/C21H24F3N5O3/c1-11(13-7-14(21(22,23)24)9-15(25)8-13)26-18-16-10-17(32-6-5-30-3)20(31-4)29-19(16)28-12(2)27-18/h7-11H,5-6,25H2,1-4H3,(H,26,27,28,29)/t11-/m1/s1. The summed E-state index contributed by atoms with van der Waals surface area (Å²) >= 11 is 0. The summed E-state index contributed by atoms with van der Waals surface area (Å²) in [6, 6.07) is 4.58. The van der Waals surface area contributed by atoms with E-state index in [1.807, 2.05) is 0 Å². The highest BCUT2D eigenvalue weighted by Gasteiger charge is 2.31. The molecule has 3 N–H and O–H groups in total. The van der Waals surface area contributed by atoms with Crippen molar-refractivity contribution in [3.8, 4) is 11.6 Å². The monoisotopic (exact) mass is 451 g/mol. The molecule has 172 valence electrons. The largest absolute Gasteiger partial charge is 0.486 e. The van der Waals surface area contributed by atoms with Gasteiger partial charge in [0.05, 0.1) is 30.7 Å². The van der Waals surface area contributed by atoms with Crippen LogP contribution >= 0.6 is 0 Å². The zero-order valence-electron chi connectivity index (χ0n) is 18.1. The summed E-state index contributed by atoms with van der Waals surface area (Å²) in [7, 11) is 3.02. The van der Waals surface area contributed by atoms with Gasteiger partial charge >= 0.3 is 6.18 Å². The van der Waals surface area contributed by atoms with Crippen molar-refractivity contribution < 1.29 is 27.4 Å². The summed E-state index contributed by atoms with van der Waals surface area (Å²) in [6.45, 7) is 4.04.